The number of anilines is 1. The molecule has 90 valence electrons. The molecular formula is C12H10N4O2. The van der Waals surface area contributed by atoms with Gasteiger partial charge < -0.3 is 5.73 Å². The van der Waals surface area contributed by atoms with Gasteiger partial charge in [0.15, 0.2) is 5.69 Å². The van der Waals surface area contributed by atoms with E-state index in [-0.39, 0.29) is 11.4 Å². The molecule has 0 atom stereocenters. The van der Waals surface area contributed by atoms with E-state index in [1.807, 2.05) is 0 Å². The molecule has 0 saturated heterocycles. The molecule has 2 aromatic carbocycles. The zero-order valence-corrected chi connectivity index (χ0v) is 9.35. The van der Waals surface area contributed by atoms with Crippen molar-refractivity contribution in [3.8, 4) is 0 Å². The number of nitrogens with two attached hydrogens (primary N) is 1. The summed E-state index contributed by atoms with van der Waals surface area (Å²) < 4.78 is 0. The Morgan fingerprint density at radius 2 is 1.83 bits per heavy atom. The molecule has 2 rings (SSSR count). The molecule has 2 aromatic rings. The van der Waals surface area contributed by atoms with Crippen molar-refractivity contribution < 1.29 is 4.92 Å². The van der Waals surface area contributed by atoms with Crippen LogP contribution in [0.5, 0.6) is 0 Å². The third-order valence-electron chi connectivity index (χ3n) is 2.22. The zero-order valence-electron chi connectivity index (χ0n) is 9.35. The second-order valence-corrected chi connectivity index (χ2v) is 3.54. The van der Waals surface area contributed by atoms with Gasteiger partial charge in [-0.1, -0.05) is 18.2 Å². The number of hydrogen-bond acceptors (Lipinski definition) is 5. The van der Waals surface area contributed by atoms with Gasteiger partial charge in [0.05, 0.1) is 10.6 Å². The van der Waals surface area contributed by atoms with Gasteiger partial charge in [-0.05, 0) is 24.3 Å². The van der Waals surface area contributed by atoms with Gasteiger partial charge >= 0.3 is 0 Å². The second kappa shape index (κ2) is 5.05. The average Bonchev–Trinajstić information content (AvgIpc) is 2.37. The quantitative estimate of drug-likeness (QED) is 0.385. The molecule has 0 bridgehead atoms. The number of nitrogen functional groups attached to an aromatic ring is 1. The SMILES string of the molecule is Nc1cccc(N=Nc2ccccc2[N+](=O)[O-])c1. The van der Waals surface area contributed by atoms with Gasteiger partial charge in [-0.3, -0.25) is 10.1 Å². The maximum atomic E-state index is 10.8. The van der Waals surface area contributed by atoms with Crippen molar-refractivity contribution in [2.75, 3.05) is 5.73 Å². The molecule has 0 spiro atoms. The molecule has 0 aliphatic carbocycles. The van der Waals surface area contributed by atoms with Crippen LogP contribution in [-0.2, 0) is 0 Å². The Bertz CT molecular complexity index is 611. The lowest BCUT2D eigenvalue weighted by atomic mass is 10.3. The Balaban J connectivity index is 2.32. The van der Waals surface area contributed by atoms with E-state index in [4.69, 9.17) is 5.73 Å². The Kier molecular flexibility index (Phi) is 3.29. The third-order valence-corrected chi connectivity index (χ3v) is 2.22. The number of nitro benzene ring substituents is 1. The first-order chi connectivity index (χ1) is 8.66. The van der Waals surface area contributed by atoms with Crippen LogP contribution in [0.3, 0.4) is 0 Å². The van der Waals surface area contributed by atoms with Crippen LogP contribution in [0.4, 0.5) is 22.7 Å². The summed E-state index contributed by atoms with van der Waals surface area (Å²) in [7, 11) is 0. The fourth-order valence-corrected chi connectivity index (χ4v) is 1.40. The van der Waals surface area contributed by atoms with E-state index >= 15 is 0 Å². The van der Waals surface area contributed by atoms with E-state index in [1.54, 1.807) is 36.4 Å². The van der Waals surface area contributed by atoms with Crippen molar-refractivity contribution in [2.24, 2.45) is 10.2 Å². The minimum atomic E-state index is -0.492. The van der Waals surface area contributed by atoms with Crippen LogP contribution < -0.4 is 5.73 Å². The minimum absolute atomic E-state index is 0.0786. The monoisotopic (exact) mass is 242 g/mol. The first-order valence-electron chi connectivity index (χ1n) is 5.17. The smallest absolute Gasteiger partial charge is 0.296 e. The molecule has 2 N–H and O–H groups in total. The van der Waals surface area contributed by atoms with Crippen molar-refractivity contribution in [2.45, 2.75) is 0 Å². The van der Waals surface area contributed by atoms with Crippen molar-refractivity contribution in [3.63, 3.8) is 0 Å². The molecule has 0 unspecified atom stereocenters. The van der Waals surface area contributed by atoms with Gasteiger partial charge in [0.1, 0.15) is 0 Å². The number of rotatable bonds is 3. The van der Waals surface area contributed by atoms with Gasteiger partial charge in [0.2, 0.25) is 0 Å². The summed E-state index contributed by atoms with van der Waals surface area (Å²) in [6, 6.07) is 13.0. The predicted molar refractivity (Wildman–Crippen MR) is 68.1 cm³/mol. The van der Waals surface area contributed by atoms with E-state index in [0.717, 1.165) is 0 Å². The maximum Gasteiger partial charge on any atom is 0.296 e. The van der Waals surface area contributed by atoms with Crippen LogP contribution in [0.25, 0.3) is 0 Å². The predicted octanol–water partition coefficient (Wildman–Crippen LogP) is 3.59. The first kappa shape index (κ1) is 11.7. The van der Waals surface area contributed by atoms with Crippen LogP contribution in [0.1, 0.15) is 0 Å². The lowest BCUT2D eigenvalue weighted by Crippen LogP contribution is -1.87. The third kappa shape index (κ3) is 2.67. The number of nitro groups is 1. The second-order valence-electron chi connectivity index (χ2n) is 3.54. The summed E-state index contributed by atoms with van der Waals surface area (Å²) in [5, 5.41) is 18.6. The Labute approximate surface area is 103 Å². The molecule has 0 heterocycles. The summed E-state index contributed by atoms with van der Waals surface area (Å²) in [6.45, 7) is 0. The van der Waals surface area contributed by atoms with Crippen LogP contribution in [0.15, 0.2) is 58.8 Å². The van der Waals surface area contributed by atoms with Gasteiger partial charge in [-0.15, -0.1) is 5.11 Å². The van der Waals surface area contributed by atoms with Crippen LogP contribution >= 0.6 is 0 Å². The van der Waals surface area contributed by atoms with Gasteiger partial charge in [0.25, 0.3) is 5.69 Å². The van der Waals surface area contributed by atoms with E-state index in [2.05, 4.69) is 10.2 Å². The molecule has 0 fully saturated rings. The largest absolute Gasteiger partial charge is 0.399 e. The maximum absolute atomic E-state index is 10.8. The number of para-hydroxylation sites is 1. The fourth-order valence-electron chi connectivity index (χ4n) is 1.40. The zero-order chi connectivity index (χ0) is 13.0. The summed E-state index contributed by atoms with van der Waals surface area (Å²) in [6.07, 6.45) is 0. The van der Waals surface area contributed by atoms with Crippen molar-refractivity contribution in [3.05, 3.63) is 58.6 Å². The lowest BCUT2D eigenvalue weighted by molar-refractivity contribution is -0.384. The molecule has 0 aliphatic rings. The van der Waals surface area contributed by atoms with Crippen LogP contribution in [-0.4, -0.2) is 4.92 Å². The first-order valence-corrected chi connectivity index (χ1v) is 5.17. The normalized spacial score (nSPS) is 10.7. The van der Waals surface area contributed by atoms with Crippen molar-refractivity contribution in [1.29, 1.82) is 0 Å². The van der Waals surface area contributed by atoms with Crippen LogP contribution in [0, 0.1) is 10.1 Å². The molecule has 0 radical (unpaired) electrons. The van der Waals surface area contributed by atoms with Crippen molar-refractivity contribution >= 4 is 22.7 Å². The molecule has 0 aliphatic heterocycles. The molecule has 6 heteroatoms. The number of azo groups is 1. The van der Waals surface area contributed by atoms with E-state index < -0.39 is 4.92 Å². The number of hydrogen-bond donors (Lipinski definition) is 1. The van der Waals surface area contributed by atoms with Gasteiger partial charge in [-0.2, -0.15) is 5.11 Å². The molecule has 0 amide bonds. The summed E-state index contributed by atoms with van der Waals surface area (Å²) in [5.41, 5.74) is 6.84. The number of benzene rings is 2. The molecular weight excluding hydrogens is 232 g/mol. The Morgan fingerprint density at radius 3 is 2.56 bits per heavy atom. The fraction of sp³-hybridized carbons (Fsp3) is 0. The van der Waals surface area contributed by atoms with Gasteiger partial charge in [0, 0.05) is 11.8 Å². The minimum Gasteiger partial charge on any atom is -0.399 e. The highest BCUT2D eigenvalue weighted by Gasteiger charge is 2.11. The molecule has 0 aromatic heterocycles. The summed E-state index contributed by atoms with van der Waals surface area (Å²) >= 11 is 0. The highest BCUT2D eigenvalue weighted by atomic mass is 16.6. The number of nitrogens with zero attached hydrogens (tertiary/aromatic N) is 3. The van der Waals surface area contributed by atoms with Gasteiger partial charge in [-0.25, -0.2) is 0 Å². The summed E-state index contributed by atoms with van der Waals surface area (Å²) in [4.78, 5) is 10.3. The Hall–Kier alpha value is -2.76. The van der Waals surface area contributed by atoms with E-state index in [0.29, 0.717) is 11.4 Å². The molecule has 18 heavy (non-hydrogen) atoms. The molecule has 6 nitrogen and oxygen atoms in total. The summed E-state index contributed by atoms with van der Waals surface area (Å²) in [5.74, 6) is 0. The lowest BCUT2D eigenvalue weighted by Gasteiger charge is -1.96. The highest BCUT2D eigenvalue weighted by Crippen LogP contribution is 2.28. The topological polar surface area (TPSA) is 93.9 Å². The average molecular weight is 242 g/mol. The van der Waals surface area contributed by atoms with Crippen LogP contribution in [0.2, 0.25) is 0 Å². The Morgan fingerprint density at radius 1 is 1.06 bits per heavy atom. The van der Waals surface area contributed by atoms with E-state index in [1.165, 1.54) is 12.1 Å². The van der Waals surface area contributed by atoms with E-state index in [9.17, 15) is 10.1 Å². The standard InChI is InChI=1S/C12H10N4O2/c13-9-4-3-5-10(8-9)14-15-11-6-1-2-7-12(11)16(17)18/h1-8H,13H2. The molecule has 0 saturated carbocycles. The highest BCUT2D eigenvalue weighted by molar-refractivity contribution is 5.57. The van der Waals surface area contributed by atoms with Crippen molar-refractivity contribution in [1.82, 2.24) is 0 Å².